The first-order valence-corrected chi connectivity index (χ1v) is 6.84. The fourth-order valence-corrected chi connectivity index (χ4v) is 2.69. The Morgan fingerprint density at radius 2 is 1.88 bits per heavy atom. The molecule has 0 fully saturated rings. The highest BCUT2D eigenvalue weighted by Gasteiger charge is 2.20. The lowest BCUT2D eigenvalue weighted by atomic mass is 10.1. The molecule has 3 nitrogen and oxygen atoms in total. The Morgan fingerprint density at radius 3 is 2.29 bits per heavy atom. The minimum Gasteiger partial charge on any atom is -0.312 e. The van der Waals surface area contributed by atoms with Crippen molar-refractivity contribution in [1.82, 2.24) is 15.1 Å². The van der Waals surface area contributed by atoms with Crippen LogP contribution >= 0.6 is 0 Å². The summed E-state index contributed by atoms with van der Waals surface area (Å²) in [4.78, 5) is 0. The van der Waals surface area contributed by atoms with E-state index in [1.807, 2.05) is 0 Å². The Hall–Kier alpha value is -0.830. The number of aromatic nitrogens is 2. The van der Waals surface area contributed by atoms with Crippen LogP contribution in [0, 0.1) is 13.8 Å². The molecule has 1 N–H and O–H groups in total. The molecular formula is C14H27N3. The number of hydrogen-bond acceptors (Lipinski definition) is 2. The summed E-state index contributed by atoms with van der Waals surface area (Å²) in [5, 5.41) is 8.25. The lowest BCUT2D eigenvalue weighted by Gasteiger charge is -2.25. The number of aryl methyl sites for hydroxylation is 1. The van der Waals surface area contributed by atoms with Crippen LogP contribution in [0.3, 0.4) is 0 Å². The number of nitrogens with zero attached hydrogens (tertiary/aromatic N) is 2. The lowest BCUT2D eigenvalue weighted by Crippen LogP contribution is -2.36. The highest BCUT2D eigenvalue weighted by atomic mass is 15.3. The van der Waals surface area contributed by atoms with E-state index in [9.17, 15) is 0 Å². The third-order valence-corrected chi connectivity index (χ3v) is 3.70. The van der Waals surface area contributed by atoms with E-state index < -0.39 is 0 Å². The van der Waals surface area contributed by atoms with Gasteiger partial charge >= 0.3 is 0 Å². The van der Waals surface area contributed by atoms with Gasteiger partial charge in [-0.05, 0) is 45.7 Å². The van der Waals surface area contributed by atoms with Crippen molar-refractivity contribution in [1.29, 1.82) is 0 Å². The van der Waals surface area contributed by atoms with Crippen molar-refractivity contribution in [2.24, 2.45) is 0 Å². The van der Waals surface area contributed by atoms with Crippen molar-refractivity contribution >= 4 is 0 Å². The van der Waals surface area contributed by atoms with Crippen LogP contribution in [0.1, 0.15) is 57.1 Å². The second-order valence-electron chi connectivity index (χ2n) is 4.76. The molecule has 0 saturated carbocycles. The van der Waals surface area contributed by atoms with Crippen molar-refractivity contribution in [3.63, 3.8) is 0 Å². The Kier molecular flexibility index (Phi) is 5.19. The molecular weight excluding hydrogens is 210 g/mol. The quantitative estimate of drug-likeness (QED) is 0.824. The maximum atomic E-state index is 4.71. The fraction of sp³-hybridized carbons (Fsp3) is 0.786. The summed E-state index contributed by atoms with van der Waals surface area (Å²) in [6.45, 7) is 14.2. The molecule has 1 rings (SSSR count). The maximum Gasteiger partial charge on any atom is 0.0647 e. The monoisotopic (exact) mass is 237 g/mol. The second kappa shape index (κ2) is 6.20. The van der Waals surface area contributed by atoms with Crippen LogP contribution < -0.4 is 5.32 Å². The molecule has 0 bridgehead atoms. The molecule has 17 heavy (non-hydrogen) atoms. The molecule has 0 spiro atoms. The van der Waals surface area contributed by atoms with E-state index in [1.165, 1.54) is 17.0 Å². The summed E-state index contributed by atoms with van der Waals surface area (Å²) in [6.07, 6.45) is 2.21. The fourth-order valence-electron chi connectivity index (χ4n) is 2.69. The van der Waals surface area contributed by atoms with E-state index in [4.69, 9.17) is 5.10 Å². The zero-order valence-corrected chi connectivity index (χ0v) is 12.2. The molecule has 0 amide bonds. The molecule has 1 heterocycles. The van der Waals surface area contributed by atoms with Gasteiger partial charge in [-0.1, -0.05) is 20.8 Å². The van der Waals surface area contributed by atoms with E-state index in [2.05, 4.69) is 51.5 Å². The van der Waals surface area contributed by atoms with E-state index in [0.29, 0.717) is 12.1 Å². The first kappa shape index (κ1) is 14.2. The Morgan fingerprint density at radius 1 is 1.24 bits per heavy atom. The molecule has 2 unspecified atom stereocenters. The zero-order valence-electron chi connectivity index (χ0n) is 12.2. The normalized spacial score (nSPS) is 14.9. The lowest BCUT2D eigenvalue weighted by molar-refractivity contribution is 0.338. The average molecular weight is 237 g/mol. The van der Waals surface area contributed by atoms with Gasteiger partial charge in [-0.2, -0.15) is 5.10 Å². The van der Waals surface area contributed by atoms with Gasteiger partial charge in [-0.3, -0.25) is 4.68 Å². The van der Waals surface area contributed by atoms with Gasteiger partial charge in [0.25, 0.3) is 0 Å². The number of rotatable bonds is 6. The predicted octanol–water partition coefficient (Wildman–Crippen LogP) is 3.01. The van der Waals surface area contributed by atoms with Gasteiger partial charge in [-0.15, -0.1) is 0 Å². The molecule has 0 aliphatic carbocycles. The third-order valence-electron chi connectivity index (χ3n) is 3.70. The molecule has 0 saturated heterocycles. The molecule has 98 valence electrons. The first-order valence-electron chi connectivity index (χ1n) is 6.84. The molecule has 0 aromatic carbocycles. The van der Waals surface area contributed by atoms with Crippen molar-refractivity contribution in [3.8, 4) is 0 Å². The summed E-state index contributed by atoms with van der Waals surface area (Å²) in [5.41, 5.74) is 3.92. The highest BCUT2D eigenvalue weighted by molar-refractivity contribution is 5.24. The van der Waals surface area contributed by atoms with Crippen LogP contribution in [0.4, 0.5) is 0 Å². The summed E-state index contributed by atoms with van der Waals surface area (Å²) in [6, 6.07) is 0.918. The SMILES string of the molecule is CCNC(CC)C(C)n1nc(C)c(CC)c1C. The summed E-state index contributed by atoms with van der Waals surface area (Å²) in [7, 11) is 0. The molecule has 1 aromatic rings. The zero-order chi connectivity index (χ0) is 13.0. The van der Waals surface area contributed by atoms with Crippen LogP contribution in [-0.2, 0) is 6.42 Å². The Balaban J connectivity index is 2.98. The van der Waals surface area contributed by atoms with Gasteiger partial charge in [0.15, 0.2) is 0 Å². The largest absolute Gasteiger partial charge is 0.312 e. The highest BCUT2D eigenvalue weighted by Crippen LogP contribution is 2.21. The number of nitrogens with one attached hydrogen (secondary N) is 1. The van der Waals surface area contributed by atoms with Crippen molar-refractivity contribution in [3.05, 3.63) is 17.0 Å². The second-order valence-corrected chi connectivity index (χ2v) is 4.76. The van der Waals surface area contributed by atoms with E-state index in [1.54, 1.807) is 0 Å². The first-order chi connectivity index (χ1) is 8.06. The standard InChI is InChI=1S/C14H27N3/c1-7-13-10(4)16-17(11(13)5)12(6)14(8-2)15-9-3/h12,14-15H,7-9H2,1-6H3. The maximum absolute atomic E-state index is 4.71. The predicted molar refractivity (Wildman–Crippen MR) is 73.5 cm³/mol. The van der Waals surface area contributed by atoms with Gasteiger partial charge in [0.2, 0.25) is 0 Å². The molecule has 3 heteroatoms. The molecule has 0 radical (unpaired) electrons. The van der Waals surface area contributed by atoms with Crippen molar-refractivity contribution < 1.29 is 0 Å². The molecule has 1 aromatic heterocycles. The minimum absolute atomic E-state index is 0.416. The van der Waals surface area contributed by atoms with Gasteiger partial charge in [0, 0.05) is 11.7 Å². The van der Waals surface area contributed by atoms with E-state index >= 15 is 0 Å². The van der Waals surface area contributed by atoms with Crippen LogP contribution in [-0.4, -0.2) is 22.4 Å². The summed E-state index contributed by atoms with van der Waals surface area (Å²) in [5.74, 6) is 0. The number of likely N-dealkylation sites (N-methyl/N-ethyl adjacent to an activating group) is 1. The Labute approximate surface area is 106 Å². The minimum atomic E-state index is 0.416. The average Bonchev–Trinajstić information content (AvgIpc) is 2.60. The van der Waals surface area contributed by atoms with Gasteiger partial charge in [0.05, 0.1) is 11.7 Å². The van der Waals surface area contributed by atoms with Gasteiger partial charge < -0.3 is 5.32 Å². The van der Waals surface area contributed by atoms with Gasteiger partial charge in [-0.25, -0.2) is 0 Å². The van der Waals surface area contributed by atoms with Crippen molar-refractivity contribution in [2.45, 2.75) is 66.5 Å². The van der Waals surface area contributed by atoms with Crippen LogP contribution in [0.2, 0.25) is 0 Å². The van der Waals surface area contributed by atoms with Crippen LogP contribution in [0.25, 0.3) is 0 Å². The van der Waals surface area contributed by atoms with Crippen LogP contribution in [0.15, 0.2) is 0 Å². The topological polar surface area (TPSA) is 29.9 Å². The molecule has 0 aliphatic rings. The summed E-state index contributed by atoms with van der Waals surface area (Å²) >= 11 is 0. The van der Waals surface area contributed by atoms with Crippen molar-refractivity contribution in [2.75, 3.05) is 6.54 Å². The summed E-state index contributed by atoms with van der Waals surface area (Å²) < 4.78 is 2.20. The number of hydrogen-bond donors (Lipinski definition) is 1. The smallest absolute Gasteiger partial charge is 0.0647 e. The molecule has 2 atom stereocenters. The van der Waals surface area contributed by atoms with Gasteiger partial charge in [0.1, 0.15) is 0 Å². The third kappa shape index (κ3) is 2.89. The van der Waals surface area contributed by atoms with E-state index in [0.717, 1.165) is 19.4 Å². The molecule has 0 aliphatic heterocycles. The van der Waals surface area contributed by atoms with E-state index in [-0.39, 0.29) is 0 Å². The Bertz CT molecular complexity index is 355. The van der Waals surface area contributed by atoms with Crippen LogP contribution in [0.5, 0.6) is 0 Å².